The van der Waals surface area contributed by atoms with Gasteiger partial charge in [0.1, 0.15) is 6.61 Å². The van der Waals surface area contributed by atoms with Crippen molar-refractivity contribution in [2.24, 2.45) is 0 Å². The molecule has 0 bridgehead atoms. The summed E-state index contributed by atoms with van der Waals surface area (Å²) in [5.41, 5.74) is 1.83. The van der Waals surface area contributed by atoms with E-state index in [1.54, 1.807) is 0 Å². The lowest BCUT2D eigenvalue weighted by Crippen LogP contribution is -2.17. The molecule has 0 aliphatic rings. The molecular formula is C15H24N2O2. The molecule has 1 rings (SSSR count). The summed E-state index contributed by atoms with van der Waals surface area (Å²) < 4.78 is 4.78. The van der Waals surface area contributed by atoms with E-state index in [1.807, 2.05) is 24.3 Å². The number of rotatable bonds is 9. The van der Waals surface area contributed by atoms with Crippen molar-refractivity contribution in [2.45, 2.75) is 32.6 Å². The van der Waals surface area contributed by atoms with Gasteiger partial charge in [-0.3, -0.25) is 4.79 Å². The minimum Gasteiger partial charge on any atom is -0.385 e. The van der Waals surface area contributed by atoms with Crippen molar-refractivity contribution in [1.82, 2.24) is 0 Å². The molecule has 0 spiro atoms. The van der Waals surface area contributed by atoms with Gasteiger partial charge in [0.15, 0.2) is 0 Å². The predicted molar refractivity (Wildman–Crippen MR) is 79.6 cm³/mol. The summed E-state index contributed by atoms with van der Waals surface area (Å²) in [6, 6.07) is 7.74. The van der Waals surface area contributed by atoms with Gasteiger partial charge in [0.05, 0.1) is 0 Å². The molecule has 0 fully saturated rings. The molecule has 19 heavy (non-hydrogen) atoms. The van der Waals surface area contributed by atoms with Crippen LogP contribution in [0.5, 0.6) is 0 Å². The summed E-state index contributed by atoms with van der Waals surface area (Å²) in [4.78, 5) is 11.4. The fraction of sp³-hybridized carbons (Fsp3) is 0.533. The number of hydrogen-bond acceptors (Lipinski definition) is 3. The average Bonchev–Trinajstić information content (AvgIpc) is 2.39. The molecule has 0 heterocycles. The van der Waals surface area contributed by atoms with Crippen molar-refractivity contribution < 1.29 is 9.53 Å². The summed E-state index contributed by atoms with van der Waals surface area (Å²) in [5.74, 6) is -0.136. The van der Waals surface area contributed by atoms with Crippen molar-refractivity contribution in [3.8, 4) is 0 Å². The standard InChI is InChI=1S/C15H24N2O2/c1-3-4-5-6-10-16-13-8-7-9-14(11-13)17-15(18)12-19-2/h7-9,11,16H,3-6,10,12H2,1-2H3,(H,17,18). The van der Waals surface area contributed by atoms with Crippen LogP contribution >= 0.6 is 0 Å². The molecule has 0 aliphatic carbocycles. The molecule has 1 amide bonds. The van der Waals surface area contributed by atoms with Crippen LogP contribution < -0.4 is 10.6 Å². The van der Waals surface area contributed by atoms with E-state index in [-0.39, 0.29) is 12.5 Å². The first-order valence-electron chi connectivity index (χ1n) is 6.89. The molecule has 4 nitrogen and oxygen atoms in total. The molecule has 0 aliphatic heterocycles. The van der Waals surface area contributed by atoms with Crippen LogP contribution in [0.4, 0.5) is 11.4 Å². The second-order valence-electron chi connectivity index (χ2n) is 4.55. The Morgan fingerprint density at radius 3 is 2.74 bits per heavy atom. The Morgan fingerprint density at radius 1 is 1.21 bits per heavy atom. The Kier molecular flexibility index (Phi) is 7.66. The lowest BCUT2D eigenvalue weighted by atomic mass is 10.2. The first-order chi connectivity index (χ1) is 9.26. The third kappa shape index (κ3) is 6.82. The molecule has 4 heteroatoms. The third-order valence-corrected chi connectivity index (χ3v) is 2.78. The summed E-state index contributed by atoms with van der Waals surface area (Å²) in [6.45, 7) is 3.25. The van der Waals surface area contributed by atoms with E-state index in [4.69, 9.17) is 4.74 Å². The molecule has 0 unspecified atom stereocenters. The maximum atomic E-state index is 11.4. The fourth-order valence-electron chi connectivity index (χ4n) is 1.82. The van der Waals surface area contributed by atoms with Gasteiger partial charge in [-0.2, -0.15) is 0 Å². The van der Waals surface area contributed by atoms with E-state index < -0.39 is 0 Å². The minimum atomic E-state index is -0.136. The highest BCUT2D eigenvalue weighted by Crippen LogP contribution is 2.15. The van der Waals surface area contributed by atoms with E-state index in [0.29, 0.717) is 0 Å². The first-order valence-corrected chi connectivity index (χ1v) is 6.89. The van der Waals surface area contributed by atoms with Crippen molar-refractivity contribution >= 4 is 17.3 Å². The third-order valence-electron chi connectivity index (χ3n) is 2.78. The van der Waals surface area contributed by atoms with Gasteiger partial charge in [-0.25, -0.2) is 0 Å². The number of unbranched alkanes of at least 4 members (excludes halogenated alkanes) is 3. The zero-order chi connectivity index (χ0) is 13.9. The maximum absolute atomic E-state index is 11.4. The number of benzene rings is 1. The number of amides is 1. The highest BCUT2D eigenvalue weighted by Gasteiger charge is 2.01. The fourth-order valence-corrected chi connectivity index (χ4v) is 1.82. The van der Waals surface area contributed by atoms with Gasteiger partial charge in [0.25, 0.3) is 0 Å². The quantitative estimate of drug-likeness (QED) is 0.673. The van der Waals surface area contributed by atoms with Crippen LogP contribution in [-0.4, -0.2) is 26.2 Å². The molecule has 0 saturated heterocycles. The first kappa shape index (κ1) is 15.5. The number of hydrogen-bond donors (Lipinski definition) is 2. The van der Waals surface area contributed by atoms with E-state index in [2.05, 4.69) is 17.6 Å². The van der Waals surface area contributed by atoms with Gasteiger partial charge < -0.3 is 15.4 Å². The van der Waals surface area contributed by atoms with Crippen LogP contribution in [0, 0.1) is 0 Å². The highest BCUT2D eigenvalue weighted by atomic mass is 16.5. The van der Waals surface area contributed by atoms with Crippen LogP contribution in [0.1, 0.15) is 32.6 Å². The summed E-state index contributed by atoms with van der Waals surface area (Å²) in [7, 11) is 1.51. The Hall–Kier alpha value is -1.55. The van der Waals surface area contributed by atoms with E-state index in [9.17, 15) is 4.79 Å². The number of carbonyl (C=O) groups is 1. The Bertz CT molecular complexity index is 380. The zero-order valence-corrected chi connectivity index (χ0v) is 11.9. The predicted octanol–water partition coefficient (Wildman–Crippen LogP) is 3.26. The van der Waals surface area contributed by atoms with Crippen LogP contribution in [0.3, 0.4) is 0 Å². The number of carbonyl (C=O) groups excluding carboxylic acids is 1. The molecule has 1 aromatic rings. The summed E-state index contributed by atoms with van der Waals surface area (Å²) in [5, 5.41) is 6.16. The summed E-state index contributed by atoms with van der Waals surface area (Å²) >= 11 is 0. The van der Waals surface area contributed by atoms with Crippen molar-refractivity contribution in [3.63, 3.8) is 0 Å². The van der Waals surface area contributed by atoms with Crippen LogP contribution in [0.25, 0.3) is 0 Å². The van der Waals surface area contributed by atoms with Crippen LogP contribution in [-0.2, 0) is 9.53 Å². The largest absolute Gasteiger partial charge is 0.385 e. The monoisotopic (exact) mass is 264 g/mol. The van der Waals surface area contributed by atoms with Crippen molar-refractivity contribution in [2.75, 3.05) is 30.9 Å². The maximum Gasteiger partial charge on any atom is 0.250 e. The molecule has 1 aromatic carbocycles. The van der Waals surface area contributed by atoms with Gasteiger partial charge in [0.2, 0.25) is 5.91 Å². The molecule has 0 radical (unpaired) electrons. The number of nitrogens with one attached hydrogen (secondary N) is 2. The van der Waals surface area contributed by atoms with Gasteiger partial charge in [-0.15, -0.1) is 0 Å². The van der Waals surface area contributed by atoms with Gasteiger partial charge in [-0.1, -0.05) is 32.3 Å². The van der Waals surface area contributed by atoms with Crippen LogP contribution in [0.15, 0.2) is 24.3 Å². The van der Waals surface area contributed by atoms with Gasteiger partial charge in [0, 0.05) is 25.0 Å². The SMILES string of the molecule is CCCCCCNc1cccc(NC(=O)COC)c1. The van der Waals surface area contributed by atoms with Crippen molar-refractivity contribution in [3.05, 3.63) is 24.3 Å². The number of methoxy groups -OCH3 is 1. The van der Waals surface area contributed by atoms with E-state index >= 15 is 0 Å². The average molecular weight is 264 g/mol. The van der Waals surface area contributed by atoms with Gasteiger partial charge in [-0.05, 0) is 24.6 Å². The molecule has 2 N–H and O–H groups in total. The Balaban J connectivity index is 2.37. The second kappa shape index (κ2) is 9.39. The number of anilines is 2. The Labute approximate surface area is 115 Å². The lowest BCUT2D eigenvalue weighted by molar-refractivity contribution is -0.119. The van der Waals surface area contributed by atoms with Gasteiger partial charge >= 0.3 is 0 Å². The number of ether oxygens (including phenoxy) is 1. The molecule has 0 atom stereocenters. The summed E-state index contributed by atoms with van der Waals surface area (Å²) in [6.07, 6.45) is 4.97. The molecule has 106 valence electrons. The lowest BCUT2D eigenvalue weighted by Gasteiger charge is -2.09. The topological polar surface area (TPSA) is 50.4 Å². The molecule has 0 saturated carbocycles. The Morgan fingerprint density at radius 2 is 2.00 bits per heavy atom. The van der Waals surface area contributed by atoms with Crippen molar-refractivity contribution in [1.29, 1.82) is 0 Å². The normalized spacial score (nSPS) is 10.2. The smallest absolute Gasteiger partial charge is 0.250 e. The minimum absolute atomic E-state index is 0.0780. The second-order valence-corrected chi connectivity index (χ2v) is 4.55. The molecule has 0 aromatic heterocycles. The van der Waals surface area contributed by atoms with E-state index in [1.165, 1.54) is 32.8 Å². The molecular weight excluding hydrogens is 240 g/mol. The van der Waals surface area contributed by atoms with Crippen LogP contribution in [0.2, 0.25) is 0 Å². The highest BCUT2D eigenvalue weighted by molar-refractivity contribution is 5.92. The zero-order valence-electron chi connectivity index (χ0n) is 11.9. The van der Waals surface area contributed by atoms with E-state index in [0.717, 1.165) is 17.9 Å².